The van der Waals surface area contributed by atoms with Crippen LogP contribution in [0.15, 0.2) is 30.6 Å². The third-order valence-corrected chi connectivity index (χ3v) is 4.84. The first-order valence-corrected chi connectivity index (χ1v) is 11.5. The molecule has 0 aliphatic rings. The largest absolute Gasteiger partial charge is 0.517 e. The van der Waals surface area contributed by atoms with Crippen LogP contribution in [0.3, 0.4) is 0 Å². The molecule has 1 aromatic carbocycles. The lowest BCUT2D eigenvalue weighted by Crippen LogP contribution is -2.43. The van der Waals surface area contributed by atoms with E-state index in [9.17, 15) is 22.8 Å². The van der Waals surface area contributed by atoms with Crippen LogP contribution in [0.5, 0.6) is 5.75 Å². The van der Waals surface area contributed by atoms with E-state index in [0.29, 0.717) is 6.42 Å². The number of alkyl halides is 3. The van der Waals surface area contributed by atoms with E-state index < -0.39 is 35.1 Å². The molecule has 0 saturated carbocycles. The standard InChI is InChI=1S/C25H33F3N4O5/c1-15(2)12-24(6,29)13-35-19-9-8-16(10-17(19)25(26,27)28)18-11-20(31-14-30-18)32(7)21(33)36-22(34)37-23(3,4)5/h8-11,14-15H,12-13,29H2,1-7H3. The van der Waals surface area contributed by atoms with E-state index in [1.165, 1.54) is 25.2 Å². The number of benzene rings is 1. The first kappa shape index (κ1) is 29.8. The summed E-state index contributed by atoms with van der Waals surface area (Å²) in [7, 11) is 1.28. The van der Waals surface area contributed by atoms with E-state index in [-0.39, 0.29) is 35.3 Å². The van der Waals surface area contributed by atoms with Crippen molar-refractivity contribution < 1.29 is 37.0 Å². The quantitative estimate of drug-likeness (QED) is 0.355. The predicted molar refractivity (Wildman–Crippen MR) is 131 cm³/mol. The van der Waals surface area contributed by atoms with Crippen molar-refractivity contribution in [2.24, 2.45) is 11.7 Å². The van der Waals surface area contributed by atoms with Gasteiger partial charge in [0.1, 0.15) is 30.1 Å². The average molecular weight is 527 g/mol. The van der Waals surface area contributed by atoms with Crippen LogP contribution in [0.1, 0.15) is 53.5 Å². The molecule has 1 heterocycles. The maximum absolute atomic E-state index is 13.9. The van der Waals surface area contributed by atoms with Gasteiger partial charge in [0.25, 0.3) is 0 Å². The summed E-state index contributed by atoms with van der Waals surface area (Å²) >= 11 is 0. The molecule has 0 spiro atoms. The molecule has 0 fully saturated rings. The minimum absolute atomic E-state index is 0.0139. The SMILES string of the molecule is CC(C)CC(C)(N)COc1ccc(-c2cc(N(C)C(=O)OC(=O)OC(C)(C)C)ncn2)cc1C(F)(F)F. The van der Waals surface area contributed by atoms with Crippen molar-refractivity contribution in [1.82, 2.24) is 9.97 Å². The van der Waals surface area contributed by atoms with E-state index in [4.69, 9.17) is 15.2 Å². The number of hydrogen-bond acceptors (Lipinski definition) is 8. The number of nitrogens with two attached hydrogens (primary N) is 1. The second-order valence-electron chi connectivity index (χ2n) is 10.4. The normalized spacial score (nSPS) is 13.6. The van der Waals surface area contributed by atoms with E-state index in [1.54, 1.807) is 27.7 Å². The molecule has 12 heteroatoms. The first-order valence-electron chi connectivity index (χ1n) is 11.5. The summed E-state index contributed by atoms with van der Waals surface area (Å²) < 4.78 is 56.7. The molecular weight excluding hydrogens is 493 g/mol. The molecule has 2 N–H and O–H groups in total. The number of ether oxygens (including phenoxy) is 3. The average Bonchev–Trinajstić information content (AvgIpc) is 2.74. The van der Waals surface area contributed by atoms with Gasteiger partial charge in [0, 0.05) is 24.2 Å². The Balaban J connectivity index is 2.29. The van der Waals surface area contributed by atoms with Gasteiger partial charge in [0.2, 0.25) is 0 Å². The van der Waals surface area contributed by atoms with Gasteiger partial charge in [0.05, 0.1) is 11.3 Å². The summed E-state index contributed by atoms with van der Waals surface area (Å²) in [5.41, 5.74) is 3.71. The third kappa shape index (κ3) is 9.19. The highest BCUT2D eigenvalue weighted by Crippen LogP contribution is 2.39. The van der Waals surface area contributed by atoms with E-state index in [0.717, 1.165) is 17.3 Å². The fourth-order valence-corrected chi connectivity index (χ4v) is 3.46. The molecule has 0 aliphatic heterocycles. The van der Waals surface area contributed by atoms with E-state index in [2.05, 4.69) is 14.7 Å². The lowest BCUT2D eigenvalue weighted by molar-refractivity contribution is -0.139. The number of rotatable bonds is 7. The van der Waals surface area contributed by atoms with Crippen LogP contribution in [0.2, 0.25) is 0 Å². The molecular formula is C25H33F3N4O5. The van der Waals surface area contributed by atoms with Crippen molar-refractivity contribution in [3.05, 3.63) is 36.2 Å². The minimum Gasteiger partial charge on any atom is -0.491 e. The fraction of sp³-hybridized carbons (Fsp3) is 0.520. The highest BCUT2D eigenvalue weighted by molar-refractivity contribution is 5.92. The van der Waals surface area contributed by atoms with Crippen molar-refractivity contribution in [2.45, 2.75) is 65.3 Å². The van der Waals surface area contributed by atoms with Crippen LogP contribution >= 0.6 is 0 Å². The highest BCUT2D eigenvalue weighted by atomic mass is 19.4. The van der Waals surface area contributed by atoms with Gasteiger partial charge in [0.15, 0.2) is 0 Å². The van der Waals surface area contributed by atoms with Gasteiger partial charge in [-0.25, -0.2) is 19.6 Å². The van der Waals surface area contributed by atoms with Gasteiger partial charge in [-0.05, 0) is 58.2 Å². The second kappa shape index (κ2) is 11.3. The molecule has 37 heavy (non-hydrogen) atoms. The van der Waals surface area contributed by atoms with Crippen LogP contribution in [0, 0.1) is 5.92 Å². The summed E-state index contributed by atoms with van der Waals surface area (Å²) in [6.45, 7) is 10.4. The number of nitrogens with zero attached hydrogens (tertiary/aromatic N) is 3. The zero-order valence-electron chi connectivity index (χ0n) is 22.0. The smallest absolute Gasteiger partial charge is 0.491 e. The van der Waals surface area contributed by atoms with Gasteiger partial charge in [-0.3, -0.25) is 4.90 Å². The van der Waals surface area contributed by atoms with Gasteiger partial charge < -0.3 is 19.9 Å². The van der Waals surface area contributed by atoms with Gasteiger partial charge in [-0.2, -0.15) is 13.2 Å². The molecule has 1 unspecified atom stereocenters. The van der Waals surface area contributed by atoms with Crippen molar-refractivity contribution in [3.63, 3.8) is 0 Å². The molecule has 204 valence electrons. The maximum Gasteiger partial charge on any atom is 0.517 e. The van der Waals surface area contributed by atoms with Crippen molar-refractivity contribution in [1.29, 1.82) is 0 Å². The number of anilines is 1. The number of amides is 1. The molecule has 1 atom stereocenters. The number of hydrogen-bond donors (Lipinski definition) is 1. The van der Waals surface area contributed by atoms with Crippen LogP contribution in [0.4, 0.5) is 28.6 Å². The van der Waals surface area contributed by atoms with Crippen LogP contribution < -0.4 is 15.4 Å². The molecule has 0 aliphatic carbocycles. The summed E-state index contributed by atoms with van der Waals surface area (Å²) in [6, 6.07) is 4.79. The fourth-order valence-electron chi connectivity index (χ4n) is 3.46. The first-order chi connectivity index (χ1) is 16.9. The number of carbonyl (C=O) groups excluding carboxylic acids is 2. The van der Waals surface area contributed by atoms with Crippen LogP contribution in [0.25, 0.3) is 11.3 Å². The molecule has 1 aromatic heterocycles. The summed E-state index contributed by atoms with van der Waals surface area (Å²) in [4.78, 5) is 32.9. The Morgan fingerprint density at radius 3 is 2.30 bits per heavy atom. The Bertz CT molecular complexity index is 1110. The summed E-state index contributed by atoms with van der Waals surface area (Å²) in [5.74, 6) is -0.126. The van der Waals surface area contributed by atoms with E-state index in [1.807, 2.05) is 13.8 Å². The molecule has 9 nitrogen and oxygen atoms in total. The Labute approximate surface area is 214 Å². The maximum atomic E-state index is 13.9. The number of aromatic nitrogens is 2. The van der Waals surface area contributed by atoms with Gasteiger partial charge in [-0.1, -0.05) is 13.8 Å². The van der Waals surface area contributed by atoms with Crippen molar-refractivity contribution in [2.75, 3.05) is 18.6 Å². The molecule has 0 bridgehead atoms. The van der Waals surface area contributed by atoms with Crippen molar-refractivity contribution >= 4 is 18.1 Å². The lowest BCUT2D eigenvalue weighted by atomic mass is 9.93. The highest BCUT2D eigenvalue weighted by Gasteiger charge is 2.35. The van der Waals surface area contributed by atoms with Crippen LogP contribution in [-0.2, 0) is 15.7 Å². The minimum atomic E-state index is -4.71. The third-order valence-electron chi connectivity index (χ3n) is 4.84. The Morgan fingerprint density at radius 1 is 1.08 bits per heavy atom. The Morgan fingerprint density at radius 2 is 1.73 bits per heavy atom. The Hall–Kier alpha value is -3.41. The number of carbonyl (C=O) groups is 2. The van der Waals surface area contributed by atoms with E-state index >= 15 is 0 Å². The molecule has 2 rings (SSSR count). The van der Waals surface area contributed by atoms with Crippen LogP contribution in [-0.4, -0.2) is 47.0 Å². The molecule has 0 radical (unpaired) electrons. The summed E-state index contributed by atoms with van der Waals surface area (Å²) in [6.07, 6.45) is -5.36. The summed E-state index contributed by atoms with van der Waals surface area (Å²) in [5, 5.41) is 0. The molecule has 1 amide bonds. The molecule has 0 saturated heterocycles. The lowest BCUT2D eigenvalue weighted by Gasteiger charge is -2.27. The van der Waals surface area contributed by atoms with Gasteiger partial charge in [-0.15, -0.1) is 0 Å². The molecule has 2 aromatic rings. The predicted octanol–water partition coefficient (Wildman–Crippen LogP) is 5.81. The number of halogens is 3. The Kier molecular flexibility index (Phi) is 9.13. The topological polar surface area (TPSA) is 117 Å². The zero-order chi connectivity index (χ0) is 28.2. The van der Waals surface area contributed by atoms with Crippen molar-refractivity contribution in [3.8, 4) is 17.0 Å². The monoisotopic (exact) mass is 526 g/mol. The second-order valence-corrected chi connectivity index (χ2v) is 10.4. The zero-order valence-corrected chi connectivity index (χ0v) is 22.0. The van der Waals surface area contributed by atoms with Gasteiger partial charge >= 0.3 is 18.4 Å².